The van der Waals surface area contributed by atoms with Crippen LogP contribution in [0.3, 0.4) is 0 Å². The zero-order valence-electron chi connectivity index (χ0n) is 9.62. The van der Waals surface area contributed by atoms with E-state index in [9.17, 15) is 4.79 Å². The quantitative estimate of drug-likeness (QED) is 0.899. The monoisotopic (exact) mass is 265 g/mol. The minimum Gasteiger partial charge on any atom is -0.493 e. The van der Waals surface area contributed by atoms with Gasteiger partial charge in [-0.25, -0.2) is 4.79 Å². The van der Waals surface area contributed by atoms with E-state index in [4.69, 9.17) is 14.6 Å². The lowest BCUT2D eigenvalue weighted by atomic mass is 10.3. The molecule has 2 aromatic rings. The van der Waals surface area contributed by atoms with Crippen LogP contribution in [-0.2, 0) is 6.61 Å². The number of methoxy groups -OCH3 is 1. The van der Waals surface area contributed by atoms with Crippen molar-refractivity contribution in [3.8, 4) is 11.5 Å². The van der Waals surface area contributed by atoms with Crippen molar-refractivity contribution in [3.05, 3.63) is 40.9 Å². The van der Waals surface area contributed by atoms with Crippen molar-refractivity contribution < 1.29 is 19.4 Å². The van der Waals surface area contributed by atoms with Crippen LogP contribution < -0.4 is 9.47 Å². The highest BCUT2D eigenvalue weighted by Crippen LogP contribution is 2.27. The van der Waals surface area contributed by atoms with Gasteiger partial charge in [-0.05, 0) is 29.7 Å². The summed E-state index contributed by atoms with van der Waals surface area (Å²) in [7, 11) is 1.57. The van der Waals surface area contributed by atoms with E-state index >= 15 is 0 Å². The van der Waals surface area contributed by atoms with Crippen molar-refractivity contribution in [3.63, 3.8) is 0 Å². The molecular formula is C12H11NO4S. The van der Waals surface area contributed by atoms with E-state index in [0.717, 1.165) is 16.4 Å². The Balaban J connectivity index is 2.04. The summed E-state index contributed by atoms with van der Waals surface area (Å²) in [6.45, 7) is 0.269. The minimum absolute atomic E-state index is 0.0404. The predicted octanol–water partition coefficient (Wildman–Crippen LogP) is 2.43. The molecule has 0 amide bonds. The van der Waals surface area contributed by atoms with Crippen molar-refractivity contribution in [1.82, 2.24) is 4.37 Å². The molecule has 0 fully saturated rings. The Morgan fingerprint density at radius 3 is 2.72 bits per heavy atom. The standard InChI is InChI=1S/C12H11NO4S/c1-16-10-4-2-3-5-11(10)17-7-8-6-9(12(14)15)13-18-8/h2-6H,7H2,1H3,(H,14,15). The number of carboxylic acids is 1. The van der Waals surface area contributed by atoms with Crippen LogP contribution in [0.4, 0.5) is 0 Å². The Bertz CT molecular complexity index is 553. The topological polar surface area (TPSA) is 68.7 Å². The largest absolute Gasteiger partial charge is 0.493 e. The average molecular weight is 265 g/mol. The van der Waals surface area contributed by atoms with Gasteiger partial charge in [0.15, 0.2) is 17.2 Å². The highest BCUT2D eigenvalue weighted by Gasteiger charge is 2.10. The molecule has 0 saturated heterocycles. The summed E-state index contributed by atoms with van der Waals surface area (Å²) in [5, 5.41) is 8.75. The third kappa shape index (κ3) is 2.78. The number of hydrogen-bond acceptors (Lipinski definition) is 5. The highest BCUT2D eigenvalue weighted by molar-refractivity contribution is 7.05. The molecule has 0 spiro atoms. The first kappa shape index (κ1) is 12.4. The molecule has 5 nitrogen and oxygen atoms in total. The summed E-state index contributed by atoms with van der Waals surface area (Å²) in [5.41, 5.74) is 0.0404. The Morgan fingerprint density at radius 2 is 2.11 bits per heavy atom. The Labute approximate surface area is 108 Å². The number of carboxylic acid groups (broad SMARTS) is 1. The predicted molar refractivity (Wildman–Crippen MR) is 66.4 cm³/mol. The molecule has 0 aliphatic rings. The normalized spacial score (nSPS) is 10.1. The van der Waals surface area contributed by atoms with E-state index in [0.29, 0.717) is 11.5 Å². The number of nitrogens with zero attached hydrogens (tertiary/aromatic N) is 1. The summed E-state index contributed by atoms with van der Waals surface area (Å²) in [6.07, 6.45) is 0. The molecule has 6 heteroatoms. The van der Waals surface area contributed by atoms with Gasteiger partial charge in [0.2, 0.25) is 0 Å². The van der Waals surface area contributed by atoms with Gasteiger partial charge in [-0.3, -0.25) is 0 Å². The maximum Gasteiger partial charge on any atom is 0.355 e. The third-order valence-electron chi connectivity index (χ3n) is 2.22. The first-order valence-corrected chi connectivity index (χ1v) is 5.92. The molecule has 18 heavy (non-hydrogen) atoms. The molecule has 0 radical (unpaired) electrons. The maximum atomic E-state index is 10.7. The van der Waals surface area contributed by atoms with Gasteiger partial charge in [-0.2, -0.15) is 4.37 Å². The summed E-state index contributed by atoms with van der Waals surface area (Å²) in [6, 6.07) is 8.78. The Kier molecular flexibility index (Phi) is 3.78. The molecule has 1 N–H and O–H groups in total. The summed E-state index contributed by atoms with van der Waals surface area (Å²) >= 11 is 1.11. The first-order valence-electron chi connectivity index (χ1n) is 5.15. The number of para-hydroxylation sites is 2. The fourth-order valence-corrected chi connectivity index (χ4v) is 1.99. The van der Waals surface area contributed by atoms with Gasteiger partial charge < -0.3 is 14.6 Å². The smallest absolute Gasteiger partial charge is 0.355 e. The molecule has 1 heterocycles. The van der Waals surface area contributed by atoms with Crippen molar-refractivity contribution >= 4 is 17.5 Å². The van der Waals surface area contributed by atoms with Crippen molar-refractivity contribution in [2.75, 3.05) is 7.11 Å². The van der Waals surface area contributed by atoms with Crippen LogP contribution >= 0.6 is 11.5 Å². The van der Waals surface area contributed by atoms with Crippen LogP contribution in [-0.4, -0.2) is 22.6 Å². The lowest BCUT2D eigenvalue weighted by Crippen LogP contribution is -1.97. The molecule has 2 rings (SSSR count). The van der Waals surface area contributed by atoms with E-state index in [2.05, 4.69) is 4.37 Å². The number of rotatable bonds is 5. The molecule has 0 atom stereocenters. The van der Waals surface area contributed by atoms with Crippen LogP contribution in [0.2, 0.25) is 0 Å². The second kappa shape index (κ2) is 5.50. The van der Waals surface area contributed by atoms with Crippen molar-refractivity contribution in [2.45, 2.75) is 6.61 Å². The zero-order valence-corrected chi connectivity index (χ0v) is 10.4. The van der Waals surface area contributed by atoms with Gasteiger partial charge in [0.25, 0.3) is 0 Å². The van der Waals surface area contributed by atoms with Crippen LogP contribution in [0, 0.1) is 0 Å². The Hall–Kier alpha value is -2.08. The van der Waals surface area contributed by atoms with E-state index in [1.165, 1.54) is 6.07 Å². The summed E-state index contributed by atoms with van der Waals surface area (Å²) in [5.74, 6) is 0.223. The number of ether oxygens (including phenoxy) is 2. The van der Waals surface area contributed by atoms with Gasteiger partial charge in [-0.1, -0.05) is 12.1 Å². The summed E-state index contributed by atoms with van der Waals surface area (Å²) in [4.78, 5) is 11.4. The van der Waals surface area contributed by atoms with E-state index < -0.39 is 5.97 Å². The number of aromatic carboxylic acids is 1. The maximum absolute atomic E-state index is 10.7. The van der Waals surface area contributed by atoms with Crippen LogP contribution in [0.15, 0.2) is 30.3 Å². The van der Waals surface area contributed by atoms with Gasteiger partial charge in [0, 0.05) is 0 Å². The molecule has 0 saturated carbocycles. The van der Waals surface area contributed by atoms with Crippen molar-refractivity contribution in [1.29, 1.82) is 0 Å². The third-order valence-corrected chi connectivity index (χ3v) is 2.98. The molecule has 0 bridgehead atoms. The SMILES string of the molecule is COc1ccccc1OCc1cc(C(=O)O)ns1. The van der Waals surface area contributed by atoms with E-state index in [1.54, 1.807) is 19.2 Å². The molecular weight excluding hydrogens is 254 g/mol. The fraction of sp³-hybridized carbons (Fsp3) is 0.167. The van der Waals surface area contributed by atoms with Crippen LogP contribution in [0.1, 0.15) is 15.4 Å². The Morgan fingerprint density at radius 1 is 1.39 bits per heavy atom. The first-order chi connectivity index (χ1) is 8.70. The lowest BCUT2D eigenvalue weighted by Gasteiger charge is -2.08. The fourth-order valence-electron chi connectivity index (χ4n) is 1.37. The molecule has 1 aromatic carbocycles. The number of carbonyl (C=O) groups is 1. The summed E-state index contributed by atoms with van der Waals surface area (Å²) < 4.78 is 14.5. The van der Waals surface area contributed by atoms with E-state index in [1.807, 2.05) is 12.1 Å². The van der Waals surface area contributed by atoms with Crippen LogP contribution in [0.25, 0.3) is 0 Å². The number of aromatic nitrogens is 1. The molecule has 0 unspecified atom stereocenters. The molecule has 94 valence electrons. The number of benzene rings is 1. The minimum atomic E-state index is -1.03. The lowest BCUT2D eigenvalue weighted by molar-refractivity contribution is 0.0692. The van der Waals surface area contributed by atoms with Gasteiger partial charge >= 0.3 is 5.97 Å². The molecule has 0 aliphatic carbocycles. The van der Waals surface area contributed by atoms with Crippen LogP contribution in [0.5, 0.6) is 11.5 Å². The second-order valence-corrected chi connectivity index (χ2v) is 4.31. The molecule has 0 aliphatic heterocycles. The van der Waals surface area contributed by atoms with Gasteiger partial charge in [0.1, 0.15) is 6.61 Å². The number of hydrogen-bond donors (Lipinski definition) is 1. The average Bonchev–Trinajstić information content (AvgIpc) is 2.85. The second-order valence-electron chi connectivity index (χ2n) is 3.42. The van der Waals surface area contributed by atoms with Crippen molar-refractivity contribution in [2.24, 2.45) is 0 Å². The highest BCUT2D eigenvalue weighted by atomic mass is 32.1. The van der Waals surface area contributed by atoms with Gasteiger partial charge in [0.05, 0.1) is 12.0 Å². The van der Waals surface area contributed by atoms with Gasteiger partial charge in [-0.15, -0.1) is 0 Å². The molecule has 1 aromatic heterocycles. The van der Waals surface area contributed by atoms with E-state index in [-0.39, 0.29) is 12.3 Å². The zero-order chi connectivity index (χ0) is 13.0.